The maximum Gasteiger partial charge on any atom is 0.127 e. The van der Waals surface area contributed by atoms with Crippen molar-refractivity contribution in [1.82, 2.24) is 0 Å². The molecule has 1 aromatic carbocycles. The molecule has 20 heavy (non-hydrogen) atoms. The summed E-state index contributed by atoms with van der Waals surface area (Å²) in [4.78, 5) is 11.2. The van der Waals surface area contributed by atoms with Crippen molar-refractivity contribution in [3.63, 3.8) is 0 Å². The summed E-state index contributed by atoms with van der Waals surface area (Å²) in [5, 5.41) is 0. The van der Waals surface area contributed by atoms with Gasteiger partial charge in [0, 0.05) is 5.92 Å². The Bertz CT molecular complexity index is 353. The second kappa shape index (κ2) is 10.7. The molecule has 0 amide bonds. The van der Waals surface area contributed by atoms with E-state index < -0.39 is 0 Å². The summed E-state index contributed by atoms with van der Waals surface area (Å²) in [7, 11) is 0. The number of aryl methyl sites for hydroxylation is 1. The van der Waals surface area contributed by atoms with E-state index >= 15 is 0 Å². The van der Waals surface area contributed by atoms with Crippen molar-refractivity contribution in [3.8, 4) is 0 Å². The highest BCUT2D eigenvalue weighted by Gasteiger charge is 2.09. The molecule has 0 saturated carbocycles. The van der Waals surface area contributed by atoms with Gasteiger partial charge in [-0.2, -0.15) is 0 Å². The van der Waals surface area contributed by atoms with E-state index in [-0.39, 0.29) is 5.92 Å². The van der Waals surface area contributed by atoms with Gasteiger partial charge in [-0.15, -0.1) is 0 Å². The van der Waals surface area contributed by atoms with Crippen LogP contribution in [0.3, 0.4) is 0 Å². The van der Waals surface area contributed by atoms with E-state index in [2.05, 4.69) is 19.1 Å². The van der Waals surface area contributed by atoms with Crippen LogP contribution in [0.15, 0.2) is 18.2 Å². The smallest absolute Gasteiger partial charge is 0.127 e. The van der Waals surface area contributed by atoms with Crippen molar-refractivity contribution >= 4 is 6.29 Å². The summed E-state index contributed by atoms with van der Waals surface area (Å²) >= 11 is 0. The first-order valence-electron chi connectivity index (χ1n) is 8.21. The van der Waals surface area contributed by atoms with Crippen LogP contribution in [-0.2, 0) is 4.79 Å². The first kappa shape index (κ1) is 16.9. The molecule has 1 rings (SSSR count). The van der Waals surface area contributed by atoms with Crippen molar-refractivity contribution in [2.45, 2.75) is 77.6 Å². The van der Waals surface area contributed by atoms with Crippen molar-refractivity contribution in [2.75, 3.05) is 0 Å². The molecule has 1 aromatic rings. The van der Waals surface area contributed by atoms with Gasteiger partial charge >= 0.3 is 0 Å². The van der Waals surface area contributed by atoms with E-state index in [9.17, 15) is 4.79 Å². The Balaban J connectivity index is 2.15. The quantitative estimate of drug-likeness (QED) is 0.378. The third kappa shape index (κ3) is 6.88. The van der Waals surface area contributed by atoms with Gasteiger partial charge in [0.25, 0.3) is 0 Å². The Morgan fingerprint density at radius 3 is 2.25 bits per heavy atom. The van der Waals surface area contributed by atoms with Crippen LogP contribution in [0.1, 0.15) is 81.8 Å². The highest BCUT2D eigenvalue weighted by Crippen LogP contribution is 2.21. The third-order valence-corrected chi connectivity index (χ3v) is 3.95. The summed E-state index contributed by atoms with van der Waals surface area (Å²) in [5.41, 5.74) is 2.25. The minimum Gasteiger partial charge on any atom is -0.303 e. The standard InChI is InChI=1S/C19H29O/c1-3-4-5-6-7-8-9-10-11-19(16-20)18-14-12-17(2)13-15-18/h12,14-16,19H,3-11H2,1-2H3. The normalized spacial score (nSPS) is 12.3. The van der Waals surface area contributed by atoms with E-state index in [1.807, 2.05) is 19.1 Å². The van der Waals surface area contributed by atoms with E-state index in [1.165, 1.54) is 44.9 Å². The van der Waals surface area contributed by atoms with Gasteiger partial charge in [-0.05, 0) is 30.5 Å². The van der Waals surface area contributed by atoms with Crippen LogP contribution in [0.25, 0.3) is 0 Å². The molecule has 1 radical (unpaired) electrons. The number of carbonyl (C=O) groups is 1. The maximum atomic E-state index is 11.2. The summed E-state index contributed by atoms with van der Waals surface area (Å²) < 4.78 is 0. The molecular weight excluding hydrogens is 244 g/mol. The predicted octanol–water partition coefficient (Wildman–Crippen LogP) is 5.61. The van der Waals surface area contributed by atoms with Gasteiger partial charge in [0.05, 0.1) is 0 Å². The Hall–Kier alpha value is -1.11. The van der Waals surface area contributed by atoms with Gasteiger partial charge in [0.2, 0.25) is 0 Å². The van der Waals surface area contributed by atoms with Gasteiger partial charge in [-0.3, -0.25) is 0 Å². The summed E-state index contributed by atoms with van der Waals surface area (Å²) in [6, 6.07) is 9.26. The molecule has 1 unspecified atom stereocenters. The molecule has 0 fully saturated rings. The lowest BCUT2D eigenvalue weighted by Gasteiger charge is -2.10. The fourth-order valence-electron chi connectivity index (χ4n) is 2.56. The van der Waals surface area contributed by atoms with E-state index in [1.54, 1.807) is 0 Å². The number of hydrogen-bond acceptors (Lipinski definition) is 1. The van der Waals surface area contributed by atoms with Gasteiger partial charge in [0.15, 0.2) is 0 Å². The topological polar surface area (TPSA) is 17.1 Å². The zero-order chi connectivity index (χ0) is 14.6. The fraction of sp³-hybridized carbons (Fsp3) is 0.632. The molecule has 0 N–H and O–H groups in total. The Morgan fingerprint density at radius 1 is 1.05 bits per heavy atom. The maximum absolute atomic E-state index is 11.2. The number of benzene rings is 1. The van der Waals surface area contributed by atoms with Crippen LogP contribution in [0.2, 0.25) is 0 Å². The van der Waals surface area contributed by atoms with Gasteiger partial charge in [-0.25, -0.2) is 0 Å². The molecule has 0 bridgehead atoms. The molecule has 1 heteroatoms. The number of carbonyl (C=O) groups excluding carboxylic acids is 1. The van der Waals surface area contributed by atoms with Crippen LogP contribution >= 0.6 is 0 Å². The average Bonchev–Trinajstić information content (AvgIpc) is 2.47. The van der Waals surface area contributed by atoms with Crippen molar-refractivity contribution in [2.24, 2.45) is 0 Å². The molecule has 1 nitrogen and oxygen atoms in total. The van der Waals surface area contributed by atoms with Crippen molar-refractivity contribution in [3.05, 3.63) is 35.4 Å². The van der Waals surface area contributed by atoms with Gasteiger partial charge < -0.3 is 4.79 Å². The fourth-order valence-corrected chi connectivity index (χ4v) is 2.56. The lowest BCUT2D eigenvalue weighted by Crippen LogP contribution is -2.00. The first-order chi connectivity index (χ1) is 9.77. The average molecular weight is 273 g/mol. The lowest BCUT2D eigenvalue weighted by molar-refractivity contribution is -0.109. The first-order valence-corrected chi connectivity index (χ1v) is 8.21. The van der Waals surface area contributed by atoms with Crippen LogP contribution in [0.5, 0.6) is 0 Å². The molecule has 0 saturated heterocycles. The van der Waals surface area contributed by atoms with Crippen LogP contribution < -0.4 is 0 Å². The minimum absolute atomic E-state index is 0.0620. The Labute approximate surface area is 124 Å². The molecule has 0 spiro atoms. The Morgan fingerprint density at radius 2 is 1.70 bits per heavy atom. The molecule has 1 atom stereocenters. The lowest BCUT2D eigenvalue weighted by atomic mass is 9.93. The third-order valence-electron chi connectivity index (χ3n) is 3.95. The zero-order valence-corrected chi connectivity index (χ0v) is 13.2. The number of hydrogen-bond donors (Lipinski definition) is 0. The predicted molar refractivity (Wildman–Crippen MR) is 86.0 cm³/mol. The number of aldehydes is 1. The summed E-state index contributed by atoms with van der Waals surface area (Å²) in [6.07, 6.45) is 12.6. The number of rotatable bonds is 11. The monoisotopic (exact) mass is 273 g/mol. The molecule has 0 aliphatic rings. The Kier molecular flexibility index (Phi) is 9.02. The molecular formula is C19H29O. The van der Waals surface area contributed by atoms with Gasteiger partial charge in [-0.1, -0.05) is 76.5 Å². The van der Waals surface area contributed by atoms with Crippen molar-refractivity contribution in [1.29, 1.82) is 0 Å². The SMILES string of the molecule is CCCCCCCCCCC(C=O)c1c[c]c(C)cc1. The molecule has 0 heterocycles. The summed E-state index contributed by atoms with van der Waals surface area (Å²) in [6.45, 7) is 4.28. The van der Waals surface area contributed by atoms with E-state index in [4.69, 9.17) is 0 Å². The van der Waals surface area contributed by atoms with Gasteiger partial charge in [0.1, 0.15) is 6.29 Å². The van der Waals surface area contributed by atoms with E-state index in [0.29, 0.717) is 0 Å². The number of unbranched alkanes of at least 4 members (excludes halogenated alkanes) is 7. The molecule has 0 aliphatic carbocycles. The second-order valence-electron chi connectivity index (χ2n) is 5.81. The zero-order valence-electron chi connectivity index (χ0n) is 13.2. The molecule has 0 aliphatic heterocycles. The molecule has 111 valence electrons. The second-order valence-corrected chi connectivity index (χ2v) is 5.81. The molecule has 0 aromatic heterocycles. The van der Waals surface area contributed by atoms with Crippen LogP contribution in [0, 0.1) is 13.0 Å². The largest absolute Gasteiger partial charge is 0.303 e. The highest BCUT2D eigenvalue weighted by molar-refractivity contribution is 5.61. The van der Waals surface area contributed by atoms with E-state index in [0.717, 1.165) is 30.3 Å². The summed E-state index contributed by atoms with van der Waals surface area (Å²) in [5.74, 6) is 0.0620. The van der Waals surface area contributed by atoms with Crippen LogP contribution in [0.4, 0.5) is 0 Å². The minimum atomic E-state index is 0.0620. The highest BCUT2D eigenvalue weighted by atomic mass is 16.1. The van der Waals surface area contributed by atoms with Crippen LogP contribution in [-0.4, -0.2) is 6.29 Å². The van der Waals surface area contributed by atoms with Crippen molar-refractivity contribution < 1.29 is 4.79 Å².